The van der Waals surface area contributed by atoms with Gasteiger partial charge in [-0.1, -0.05) is 41.5 Å². The molecule has 3 aromatic rings. The Balaban J connectivity index is 0.000000252. The van der Waals surface area contributed by atoms with Gasteiger partial charge in [-0.25, -0.2) is 0 Å². The maximum absolute atomic E-state index is 11.2. The molecule has 344 valence electrons. The third-order valence-electron chi connectivity index (χ3n) is 10.7. The first-order valence-electron chi connectivity index (χ1n) is 22.7. The number of carbonyl (C=O) groups excluding carboxylic acids is 2. The molecular formula is C49H75LiN6O7. The van der Waals surface area contributed by atoms with Crippen molar-refractivity contribution in [3.05, 3.63) is 72.8 Å². The zero-order valence-corrected chi connectivity index (χ0v) is 39.7. The smallest absolute Gasteiger partial charge is 0.550 e. The molecule has 6 rings (SSSR count). The van der Waals surface area contributed by atoms with Crippen LogP contribution in [0.5, 0.6) is 17.2 Å². The van der Waals surface area contributed by atoms with E-state index in [2.05, 4.69) is 125 Å². The van der Waals surface area contributed by atoms with Gasteiger partial charge in [-0.3, -0.25) is 14.6 Å². The van der Waals surface area contributed by atoms with E-state index in [0.717, 1.165) is 122 Å². The molecule has 3 saturated heterocycles. The maximum Gasteiger partial charge on any atom is 1.00 e. The Bertz CT molecular complexity index is 1680. The van der Waals surface area contributed by atoms with Crippen molar-refractivity contribution in [3.63, 3.8) is 0 Å². The first kappa shape index (κ1) is 53.2. The Kier molecular flexibility index (Phi) is 24.8. The predicted octanol–water partition coefficient (Wildman–Crippen LogP) is 2.52. The van der Waals surface area contributed by atoms with E-state index >= 15 is 0 Å². The number of carboxylic acid groups (broad SMARTS) is 1. The molecule has 0 spiro atoms. The molecule has 3 fully saturated rings. The number of methoxy groups -OCH3 is 1. The first-order chi connectivity index (χ1) is 29.9. The summed E-state index contributed by atoms with van der Waals surface area (Å²) in [6, 6.07) is 25.0. The Labute approximate surface area is 390 Å². The summed E-state index contributed by atoms with van der Waals surface area (Å²) in [7, 11) is 1.44. The molecule has 0 atom stereocenters. The molecule has 3 aromatic carbocycles. The summed E-state index contributed by atoms with van der Waals surface area (Å²) in [5.41, 5.74) is 3.72. The van der Waals surface area contributed by atoms with Crippen molar-refractivity contribution < 1.29 is 52.5 Å². The third kappa shape index (κ3) is 20.9. The van der Waals surface area contributed by atoms with E-state index in [1.165, 1.54) is 24.2 Å². The fourth-order valence-corrected chi connectivity index (χ4v) is 7.03. The fourth-order valence-electron chi connectivity index (χ4n) is 7.03. The van der Waals surface area contributed by atoms with Crippen LogP contribution in [-0.4, -0.2) is 140 Å². The van der Waals surface area contributed by atoms with Gasteiger partial charge in [-0.15, -0.1) is 0 Å². The molecule has 0 aliphatic carbocycles. The van der Waals surface area contributed by atoms with Gasteiger partial charge in [0.2, 0.25) is 0 Å². The van der Waals surface area contributed by atoms with Gasteiger partial charge in [0.1, 0.15) is 17.2 Å². The molecule has 0 saturated carbocycles. The molecule has 3 aliphatic rings. The minimum atomic E-state index is -0.973. The largest absolute Gasteiger partial charge is 1.00 e. The van der Waals surface area contributed by atoms with Crippen molar-refractivity contribution in [2.24, 2.45) is 17.8 Å². The SMILES string of the molecule is CC(C)COc1ccc(N2CCN(CCC(=O)[O-])CC2)cc1.CC(C)COc1ccc(N2CCNCC2)cc1.COC(=O)CCN1CCN(c2ccc(OCC(C)C)cc2)CC1.[Li+]. The van der Waals surface area contributed by atoms with Crippen LogP contribution in [0.2, 0.25) is 0 Å². The normalized spacial score (nSPS) is 15.7. The number of hydrogen-bond acceptors (Lipinski definition) is 13. The van der Waals surface area contributed by atoms with E-state index in [1.54, 1.807) is 0 Å². The summed E-state index contributed by atoms with van der Waals surface area (Å²) in [6.07, 6.45) is 0.584. The molecule has 0 bridgehead atoms. The third-order valence-corrected chi connectivity index (χ3v) is 10.7. The number of nitrogens with one attached hydrogen (secondary N) is 1. The number of anilines is 3. The summed E-state index contributed by atoms with van der Waals surface area (Å²) in [5.74, 6) is 3.33. The number of rotatable bonds is 18. The van der Waals surface area contributed by atoms with Crippen molar-refractivity contribution >= 4 is 29.0 Å². The summed E-state index contributed by atoms with van der Waals surface area (Å²) >= 11 is 0. The average Bonchev–Trinajstić information content (AvgIpc) is 3.29. The second-order valence-electron chi connectivity index (χ2n) is 17.4. The van der Waals surface area contributed by atoms with Gasteiger partial charge < -0.3 is 48.9 Å². The number of carboxylic acids is 1. The standard InChI is InChI=1S/C18H28N2O3.C17H26N2O3.C14H22N2O.Li/c1-15(2)14-23-17-6-4-16(5-7-17)20-12-10-19(11-13-20)9-8-18(21)22-3;1-14(2)13-22-16-5-3-15(4-6-16)19-11-9-18(10-12-19)8-7-17(20)21;1-12(2)11-17-14-5-3-13(4-6-14)16-9-7-15-8-10-16;/h4-7,15H,8-14H2,1-3H3;3-6,14H,7-13H2,1-2H3,(H,20,21);3-6,12,15H,7-11H2,1-2H3;/q;;;+1/p-1. The molecule has 1 N–H and O–H groups in total. The Morgan fingerprint density at radius 1 is 0.524 bits per heavy atom. The Morgan fingerprint density at radius 3 is 1.14 bits per heavy atom. The van der Waals surface area contributed by atoms with Crippen molar-refractivity contribution in [3.8, 4) is 17.2 Å². The van der Waals surface area contributed by atoms with Crippen LogP contribution in [0.15, 0.2) is 72.8 Å². The number of aliphatic carboxylic acids is 1. The molecule has 63 heavy (non-hydrogen) atoms. The van der Waals surface area contributed by atoms with Crippen LogP contribution in [0.1, 0.15) is 54.4 Å². The predicted molar refractivity (Wildman–Crippen MR) is 249 cm³/mol. The van der Waals surface area contributed by atoms with Crippen LogP contribution >= 0.6 is 0 Å². The molecular weight excluding hydrogens is 792 g/mol. The van der Waals surface area contributed by atoms with Gasteiger partial charge >= 0.3 is 24.8 Å². The van der Waals surface area contributed by atoms with Gasteiger partial charge in [0, 0.05) is 115 Å². The van der Waals surface area contributed by atoms with Crippen LogP contribution in [0.25, 0.3) is 0 Å². The van der Waals surface area contributed by atoms with E-state index in [9.17, 15) is 14.7 Å². The molecule has 14 heteroatoms. The van der Waals surface area contributed by atoms with E-state index < -0.39 is 5.97 Å². The fraction of sp³-hybridized carbons (Fsp3) is 0.592. The summed E-state index contributed by atoms with van der Waals surface area (Å²) in [5, 5.41) is 13.9. The van der Waals surface area contributed by atoms with Crippen LogP contribution < -0.4 is 58.2 Å². The van der Waals surface area contributed by atoms with Crippen LogP contribution in [0.4, 0.5) is 17.1 Å². The van der Waals surface area contributed by atoms with Gasteiger partial charge in [0.25, 0.3) is 0 Å². The quantitative estimate of drug-likeness (QED) is 0.149. The maximum atomic E-state index is 11.2. The topological polar surface area (TPSA) is 122 Å². The average molecular weight is 867 g/mol. The molecule has 3 aliphatic heterocycles. The van der Waals surface area contributed by atoms with Gasteiger partial charge in [0.15, 0.2) is 0 Å². The number of esters is 1. The molecule has 13 nitrogen and oxygen atoms in total. The zero-order valence-electron chi connectivity index (χ0n) is 39.7. The summed E-state index contributed by atoms with van der Waals surface area (Å²) in [6.45, 7) is 28.4. The minimum absolute atomic E-state index is 0. The second-order valence-corrected chi connectivity index (χ2v) is 17.4. The van der Waals surface area contributed by atoms with E-state index in [0.29, 0.717) is 30.7 Å². The minimum Gasteiger partial charge on any atom is -0.550 e. The number of piperazine rings is 3. The number of ether oxygens (including phenoxy) is 4. The van der Waals surface area contributed by atoms with Gasteiger partial charge in [-0.05, 0) is 97.0 Å². The molecule has 0 radical (unpaired) electrons. The molecule has 3 heterocycles. The monoisotopic (exact) mass is 867 g/mol. The van der Waals surface area contributed by atoms with Crippen LogP contribution in [0.3, 0.4) is 0 Å². The molecule has 0 amide bonds. The van der Waals surface area contributed by atoms with Crippen molar-refractivity contribution in [1.82, 2.24) is 15.1 Å². The Hall–Kier alpha value is -4.12. The van der Waals surface area contributed by atoms with Crippen LogP contribution in [0, 0.1) is 17.8 Å². The number of nitrogens with zero attached hydrogens (tertiary/aromatic N) is 5. The van der Waals surface area contributed by atoms with E-state index in [-0.39, 0.29) is 31.3 Å². The Morgan fingerprint density at radius 2 is 0.841 bits per heavy atom. The van der Waals surface area contributed by atoms with Crippen molar-refractivity contribution in [2.75, 3.05) is 133 Å². The zero-order chi connectivity index (χ0) is 44.7. The number of benzene rings is 3. The van der Waals surface area contributed by atoms with Crippen LogP contribution in [-0.2, 0) is 14.3 Å². The molecule has 0 unspecified atom stereocenters. The van der Waals surface area contributed by atoms with Crippen molar-refractivity contribution in [2.45, 2.75) is 54.4 Å². The molecule has 0 aromatic heterocycles. The number of hydrogen-bond donors (Lipinski definition) is 1. The summed E-state index contributed by atoms with van der Waals surface area (Å²) in [4.78, 5) is 33.3. The first-order valence-corrected chi connectivity index (χ1v) is 22.7. The van der Waals surface area contributed by atoms with Gasteiger partial charge in [0.05, 0.1) is 33.4 Å². The van der Waals surface area contributed by atoms with E-state index in [4.69, 9.17) is 14.2 Å². The number of carbonyl (C=O) groups is 2. The van der Waals surface area contributed by atoms with E-state index in [1.807, 2.05) is 24.3 Å². The summed E-state index contributed by atoms with van der Waals surface area (Å²) < 4.78 is 21.8. The van der Waals surface area contributed by atoms with Gasteiger partial charge in [-0.2, -0.15) is 0 Å². The second kappa shape index (κ2) is 29.3. The van der Waals surface area contributed by atoms with Crippen molar-refractivity contribution in [1.29, 1.82) is 0 Å².